The predicted molar refractivity (Wildman–Crippen MR) is 66.9 cm³/mol. The fourth-order valence-electron chi connectivity index (χ4n) is 2.70. The van der Waals surface area contributed by atoms with Gasteiger partial charge >= 0.3 is 5.97 Å². The first kappa shape index (κ1) is 13.6. The van der Waals surface area contributed by atoms with E-state index in [9.17, 15) is 4.79 Å². The molecule has 102 valence electrons. The fourth-order valence-corrected chi connectivity index (χ4v) is 2.70. The van der Waals surface area contributed by atoms with E-state index in [1.165, 1.54) is 6.92 Å². The van der Waals surface area contributed by atoms with Gasteiger partial charge in [0.25, 0.3) is 0 Å². The van der Waals surface area contributed by atoms with Crippen LogP contribution >= 0.6 is 0 Å². The molecular formula is C14H22O4. The molecule has 18 heavy (non-hydrogen) atoms. The summed E-state index contributed by atoms with van der Waals surface area (Å²) in [4.78, 5) is 11.1. The van der Waals surface area contributed by atoms with Crippen molar-refractivity contribution in [3.05, 3.63) is 12.7 Å². The summed E-state index contributed by atoms with van der Waals surface area (Å²) in [5, 5.41) is 0. The van der Waals surface area contributed by atoms with Crippen LogP contribution in [0, 0.1) is 11.8 Å². The van der Waals surface area contributed by atoms with Crippen LogP contribution in [0.15, 0.2) is 12.7 Å². The lowest BCUT2D eigenvalue weighted by molar-refractivity contribution is -0.149. The molecule has 2 aliphatic rings. The van der Waals surface area contributed by atoms with Crippen LogP contribution in [0.4, 0.5) is 0 Å². The molecular weight excluding hydrogens is 232 g/mol. The molecule has 1 aliphatic carbocycles. The van der Waals surface area contributed by atoms with E-state index in [0.717, 1.165) is 6.42 Å². The number of ether oxygens (including phenoxy) is 3. The minimum atomic E-state index is -0.479. The summed E-state index contributed by atoms with van der Waals surface area (Å²) >= 11 is 0. The lowest BCUT2D eigenvalue weighted by atomic mass is 10.1. The molecule has 0 N–H and O–H groups in total. The lowest BCUT2D eigenvalue weighted by Crippen LogP contribution is -2.25. The molecule has 0 aromatic carbocycles. The average Bonchev–Trinajstić information content (AvgIpc) is 2.96. The van der Waals surface area contributed by atoms with Gasteiger partial charge in [0, 0.05) is 19.3 Å². The van der Waals surface area contributed by atoms with Crippen LogP contribution in [0.5, 0.6) is 0 Å². The molecule has 0 aromatic heterocycles. The molecule has 1 heterocycles. The first-order valence-electron chi connectivity index (χ1n) is 6.53. The van der Waals surface area contributed by atoms with E-state index in [-0.39, 0.29) is 18.2 Å². The second-order valence-electron chi connectivity index (χ2n) is 5.60. The lowest BCUT2D eigenvalue weighted by Gasteiger charge is -2.19. The van der Waals surface area contributed by atoms with Gasteiger partial charge < -0.3 is 14.2 Å². The summed E-state index contributed by atoms with van der Waals surface area (Å²) in [5.41, 5.74) is 0. The molecule has 0 amide bonds. The van der Waals surface area contributed by atoms with E-state index in [0.29, 0.717) is 24.9 Å². The Kier molecular flexibility index (Phi) is 3.78. The normalized spacial score (nSPS) is 34.9. The summed E-state index contributed by atoms with van der Waals surface area (Å²) in [6, 6.07) is 0. The van der Waals surface area contributed by atoms with Gasteiger partial charge in [0.2, 0.25) is 0 Å². The summed E-state index contributed by atoms with van der Waals surface area (Å²) in [7, 11) is 0. The predicted octanol–water partition coefficient (Wildman–Crippen LogP) is 2.28. The molecule has 0 unspecified atom stereocenters. The quantitative estimate of drug-likeness (QED) is 0.558. The van der Waals surface area contributed by atoms with Gasteiger partial charge in [0.1, 0.15) is 6.10 Å². The van der Waals surface area contributed by atoms with Crippen molar-refractivity contribution in [3.8, 4) is 0 Å². The number of esters is 1. The van der Waals surface area contributed by atoms with Crippen LogP contribution in [0.1, 0.15) is 33.6 Å². The summed E-state index contributed by atoms with van der Waals surface area (Å²) in [6.45, 7) is 9.66. The van der Waals surface area contributed by atoms with Crippen LogP contribution in [0.2, 0.25) is 0 Å². The zero-order chi connectivity index (χ0) is 13.3. The van der Waals surface area contributed by atoms with E-state index < -0.39 is 5.79 Å². The van der Waals surface area contributed by atoms with Crippen molar-refractivity contribution in [3.63, 3.8) is 0 Å². The first-order chi connectivity index (χ1) is 8.43. The van der Waals surface area contributed by atoms with Gasteiger partial charge in [-0.25, -0.2) is 0 Å². The topological polar surface area (TPSA) is 44.8 Å². The van der Waals surface area contributed by atoms with Gasteiger partial charge in [-0.1, -0.05) is 6.08 Å². The maximum absolute atomic E-state index is 11.1. The molecule has 2 fully saturated rings. The number of rotatable bonds is 5. The maximum Gasteiger partial charge on any atom is 0.302 e. The zero-order valence-electron chi connectivity index (χ0n) is 11.3. The van der Waals surface area contributed by atoms with E-state index in [1.54, 1.807) is 6.08 Å². The van der Waals surface area contributed by atoms with Crippen molar-refractivity contribution < 1.29 is 19.0 Å². The Balaban J connectivity index is 1.88. The molecule has 1 saturated heterocycles. The number of carbonyl (C=O) groups is 1. The highest BCUT2D eigenvalue weighted by Crippen LogP contribution is 2.49. The monoisotopic (exact) mass is 254 g/mol. The van der Waals surface area contributed by atoms with E-state index in [2.05, 4.69) is 6.58 Å². The molecule has 1 saturated carbocycles. The van der Waals surface area contributed by atoms with E-state index in [1.807, 2.05) is 13.8 Å². The number of carbonyl (C=O) groups excluding carboxylic acids is 1. The van der Waals surface area contributed by atoms with Crippen molar-refractivity contribution in [2.24, 2.45) is 11.8 Å². The molecule has 4 heteroatoms. The highest BCUT2D eigenvalue weighted by atomic mass is 16.7. The Morgan fingerprint density at radius 1 is 1.61 bits per heavy atom. The summed E-state index contributed by atoms with van der Waals surface area (Å²) < 4.78 is 16.8. The van der Waals surface area contributed by atoms with Gasteiger partial charge in [-0.05, 0) is 26.2 Å². The molecule has 0 radical (unpaired) electrons. The van der Waals surface area contributed by atoms with Gasteiger partial charge in [0.05, 0.1) is 12.7 Å². The second-order valence-corrected chi connectivity index (χ2v) is 5.60. The zero-order valence-corrected chi connectivity index (χ0v) is 11.3. The summed E-state index contributed by atoms with van der Waals surface area (Å²) in [6.07, 6.45) is 3.62. The highest BCUT2D eigenvalue weighted by molar-refractivity contribution is 5.66. The molecule has 4 atom stereocenters. The van der Waals surface area contributed by atoms with Crippen LogP contribution in [0.3, 0.4) is 0 Å². The van der Waals surface area contributed by atoms with Crippen molar-refractivity contribution in [2.45, 2.75) is 51.6 Å². The Morgan fingerprint density at radius 2 is 2.33 bits per heavy atom. The largest absolute Gasteiger partial charge is 0.462 e. The molecule has 0 bridgehead atoms. The smallest absolute Gasteiger partial charge is 0.302 e. The van der Waals surface area contributed by atoms with Gasteiger partial charge in [0.15, 0.2) is 5.79 Å². The van der Waals surface area contributed by atoms with Crippen molar-refractivity contribution in [1.29, 1.82) is 0 Å². The Bertz CT molecular complexity index is 337. The Morgan fingerprint density at radius 3 is 2.83 bits per heavy atom. The first-order valence-corrected chi connectivity index (χ1v) is 6.53. The van der Waals surface area contributed by atoms with Gasteiger partial charge in [-0.2, -0.15) is 0 Å². The van der Waals surface area contributed by atoms with E-state index in [4.69, 9.17) is 14.2 Å². The minimum Gasteiger partial charge on any atom is -0.462 e. The maximum atomic E-state index is 11.1. The number of hydrogen-bond acceptors (Lipinski definition) is 4. The van der Waals surface area contributed by atoms with Crippen LogP contribution in [-0.2, 0) is 19.0 Å². The third-order valence-corrected chi connectivity index (χ3v) is 3.59. The van der Waals surface area contributed by atoms with Crippen molar-refractivity contribution >= 4 is 5.97 Å². The SMILES string of the molecule is C=CC[C@@H](OC(C)=O)[C@@H]1C[C@H]1[C@H]1COC(C)(C)O1. The molecule has 0 spiro atoms. The van der Waals surface area contributed by atoms with Crippen LogP contribution in [-0.4, -0.2) is 30.6 Å². The average molecular weight is 254 g/mol. The molecule has 4 nitrogen and oxygen atoms in total. The van der Waals surface area contributed by atoms with Crippen molar-refractivity contribution in [2.75, 3.05) is 6.61 Å². The highest BCUT2D eigenvalue weighted by Gasteiger charge is 2.52. The van der Waals surface area contributed by atoms with Crippen LogP contribution < -0.4 is 0 Å². The standard InChI is InChI=1S/C14H22O4/c1-5-6-12(17-9(2)15)10-7-11(10)13-8-16-14(3,4)18-13/h5,10-13H,1,6-8H2,2-4H3/t10-,11-,12-,13-/m1/s1. The second kappa shape index (κ2) is 5.02. The third kappa shape index (κ3) is 3.12. The van der Waals surface area contributed by atoms with Crippen LogP contribution in [0.25, 0.3) is 0 Å². The van der Waals surface area contributed by atoms with Crippen molar-refractivity contribution in [1.82, 2.24) is 0 Å². The number of hydrogen-bond donors (Lipinski definition) is 0. The van der Waals surface area contributed by atoms with Gasteiger partial charge in [-0.15, -0.1) is 6.58 Å². The molecule has 2 rings (SSSR count). The minimum absolute atomic E-state index is 0.0580. The summed E-state index contributed by atoms with van der Waals surface area (Å²) in [5.74, 6) is 0.120. The Hall–Kier alpha value is -0.870. The molecule has 0 aromatic rings. The van der Waals surface area contributed by atoms with Gasteiger partial charge in [-0.3, -0.25) is 4.79 Å². The Labute approximate surface area is 108 Å². The third-order valence-electron chi connectivity index (χ3n) is 3.59. The molecule has 1 aliphatic heterocycles. The fraction of sp³-hybridized carbons (Fsp3) is 0.786. The van der Waals surface area contributed by atoms with E-state index >= 15 is 0 Å².